The lowest BCUT2D eigenvalue weighted by atomic mass is 10.1. The van der Waals surface area contributed by atoms with Gasteiger partial charge in [-0.2, -0.15) is 12.7 Å². The quantitative estimate of drug-likeness (QED) is 0.363. The molecular formula is C12H20N4O3S. The Labute approximate surface area is 119 Å². The topological polar surface area (TPSA) is 99.2 Å². The number of para-hydroxylation sites is 1. The van der Waals surface area contributed by atoms with Gasteiger partial charge in [-0.3, -0.25) is 4.31 Å². The van der Waals surface area contributed by atoms with Crippen molar-refractivity contribution in [3.8, 4) is 0 Å². The molecule has 112 valence electrons. The van der Waals surface area contributed by atoms with Crippen LogP contribution in [0.4, 0.5) is 5.69 Å². The molecule has 0 spiro atoms. The van der Waals surface area contributed by atoms with Crippen LogP contribution >= 0.6 is 0 Å². The van der Waals surface area contributed by atoms with Crippen LogP contribution in [-0.4, -0.2) is 43.9 Å². The molecule has 1 rings (SSSR count). The summed E-state index contributed by atoms with van der Waals surface area (Å²) in [6, 6.07) is 6.37. The van der Waals surface area contributed by atoms with E-state index >= 15 is 0 Å². The molecule has 0 aliphatic rings. The van der Waals surface area contributed by atoms with Gasteiger partial charge in [0.25, 0.3) is 0 Å². The highest BCUT2D eigenvalue weighted by Crippen LogP contribution is 2.23. The number of nitrogens with zero attached hydrogens (tertiary/aromatic N) is 3. The maximum Gasteiger partial charge on any atom is 0.303 e. The second-order valence-corrected chi connectivity index (χ2v) is 6.61. The minimum absolute atomic E-state index is 0.144. The van der Waals surface area contributed by atoms with Gasteiger partial charge in [0.05, 0.1) is 5.69 Å². The lowest BCUT2D eigenvalue weighted by molar-refractivity contribution is 0.318. The van der Waals surface area contributed by atoms with Crippen molar-refractivity contribution in [3.63, 3.8) is 0 Å². The van der Waals surface area contributed by atoms with Gasteiger partial charge in [-0.15, -0.1) is 0 Å². The van der Waals surface area contributed by atoms with E-state index in [2.05, 4.69) is 5.16 Å². The number of hydrogen-bond donors (Lipinski definition) is 2. The van der Waals surface area contributed by atoms with E-state index in [4.69, 9.17) is 10.9 Å². The van der Waals surface area contributed by atoms with Crippen LogP contribution in [0.5, 0.6) is 0 Å². The first-order valence-electron chi connectivity index (χ1n) is 6.02. The molecule has 0 heterocycles. The first kappa shape index (κ1) is 16.3. The molecule has 7 nitrogen and oxygen atoms in total. The van der Waals surface area contributed by atoms with Crippen molar-refractivity contribution >= 4 is 21.7 Å². The molecule has 0 saturated carbocycles. The molecule has 0 bridgehead atoms. The molecule has 0 aliphatic heterocycles. The molecule has 1 aromatic rings. The van der Waals surface area contributed by atoms with E-state index in [1.165, 1.54) is 18.4 Å². The maximum absolute atomic E-state index is 12.4. The van der Waals surface area contributed by atoms with Crippen molar-refractivity contribution < 1.29 is 13.6 Å². The molecule has 0 aromatic heterocycles. The lowest BCUT2D eigenvalue weighted by Crippen LogP contribution is -2.43. The third-order valence-electron chi connectivity index (χ3n) is 3.06. The van der Waals surface area contributed by atoms with E-state index in [-0.39, 0.29) is 11.9 Å². The molecular weight excluding hydrogens is 280 g/mol. The van der Waals surface area contributed by atoms with E-state index < -0.39 is 10.2 Å². The van der Waals surface area contributed by atoms with Gasteiger partial charge in [0, 0.05) is 25.7 Å². The Balaban J connectivity index is 3.33. The fourth-order valence-corrected chi connectivity index (χ4v) is 2.93. The Morgan fingerprint density at radius 3 is 2.35 bits per heavy atom. The van der Waals surface area contributed by atoms with Crippen LogP contribution in [0.2, 0.25) is 0 Å². The van der Waals surface area contributed by atoms with Crippen LogP contribution in [0.25, 0.3) is 0 Å². The predicted octanol–water partition coefficient (Wildman–Crippen LogP) is 0.802. The van der Waals surface area contributed by atoms with Gasteiger partial charge in [0.15, 0.2) is 5.84 Å². The van der Waals surface area contributed by atoms with Gasteiger partial charge in [-0.05, 0) is 26.0 Å². The van der Waals surface area contributed by atoms with Crippen molar-refractivity contribution in [2.45, 2.75) is 19.9 Å². The van der Waals surface area contributed by atoms with E-state index in [0.29, 0.717) is 11.3 Å². The summed E-state index contributed by atoms with van der Waals surface area (Å²) in [5, 5.41) is 11.7. The molecule has 20 heavy (non-hydrogen) atoms. The zero-order valence-electron chi connectivity index (χ0n) is 12.0. The average Bonchev–Trinajstić information content (AvgIpc) is 2.44. The zero-order chi connectivity index (χ0) is 15.5. The normalized spacial score (nSPS) is 13.0. The van der Waals surface area contributed by atoms with Crippen LogP contribution in [0.3, 0.4) is 0 Å². The number of nitrogens with two attached hydrogens (primary N) is 1. The van der Waals surface area contributed by atoms with Crippen LogP contribution in [0.1, 0.15) is 19.4 Å². The maximum atomic E-state index is 12.4. The second kappa shape index (κ2) is 6.10. The van der Waals surface area contributed by atoms with E-state index in [1.54, 1.807) is 38.1 Å². The summed E-state index contributed by atoms with van der Waals surface area (Å²) in [6.45, 7) is 3.56. The van der Waals surface area contributed by atoms with Crippen LogP contribution in [0.15, 0.2) is 29.4 Å². The molecule has 0 atom stereocenters. The van der Waals surface area contributed by atoms with Gasteiger partial charge < -0.3 is 10.9 Å². The number of oxime groups is 1. The molecule has 0 radical (unpaired) electrons. The summed E-state index contributed by atoms with van der Waals surface area (Å²) >= 11 is 0. The summed E-state index contributed by atoms with van der Waals surface area (Å²) in [6.07, 6.45) is 0. The van der Waals surface area contributed by atoms with Gasteiger partial charge in [0.2, 0.25) is 0 Å². The molecule has 3 N–H and O–H groups in total. The van der Waals surface area contributed by atoms with Crippen molar-refractivity contribution in [2.75, 3.05) is 18.4 Å². The summed E-state index contributed by atoms with van der Waals surface area (Å²) in [7, 11) is -0.750. The Morgan fingerprint density at radius 1 is 1.30 bits per heavy atom. The minimum atomic E-state index is -3.68. The molecule has 1 aromatic carbocycles. The van der Waals surface area contributed by atoms with Crippen molar-refractivity contribution in [1.82, 2.24) is 4.31 Å². The standard InChI is InChI=1S/C12H20N4O3S/c1-9(2)15(3)20(18,19)16(4)11-8-6-5-7-10(11)12(13)14-17/h5-9,17H,1-4H3,(H2,13,14). The molecule has 0 saturated heterocycles. The third-order valence-corrected chi connectivity index (χ3v) is 5.10. The largest absolute Gasteiger partial charge is 0.409 e. The summed E-state index contributed by atoms with van der Waals surface area (Å²) in [4.78, 5) is 0. The number of benzene rings is 1. The van der Waals surface area contributed by atoms with E-state index in [1.807, 2.05) is 0 Å². The van der Waals surface area contributed by atoms with E-state index in [0.717, 1.165) is 4.31 Å². The first-order chi connectivity index (χ1) is 9.23. The Hall–Kier alpha value is -1.80. The Kier molecular flexibility index (Phi) is 4.96. The first-order valence-corrected chi connectivity index (χ1v) is 7.42. The summed E-state index contributed by atoms with van der Waals surface area (Å²) in [5.41, 5.74) is 6.27. The molecule has 0 unspecified atom stereocenters. The molecule has 0 amide bonds. The van der Waals surface area contributed by atoms with Crippen LogP contribution in [0, 0.1) is 0 Å². The Morgan fingerprint density at radius 2 is 1.85 bits per heavy atom. The minimum Gasteiger partial charge on any atom is -0.409 e. The van der Waals surface area contributed by atoms with E-state index in [9.17, 15) is 8.42 Å². The fraction of sp³-hybridized carbons (Fsp3) is 0.417. The highest BCUT2D eigenvalue weighted by molar-refractivity contribution is 7.90. The number of hydrogen-bond acceptors (Lipinski definition) is 4. The Bertz CT molecular complexity index is 598. The lowest BCUT2D eigenvalue weighted by Gasteiger charge is -2.29. The van der Waals surface area contributed by atoms with Gasteiger partial charge in [0.1, 0.15) is 0 Å². The smallest absolute Gasteiger partial charge is 0.303 e. The van der Waals surface area contributed by atoms with Gasteiger partial charge in [-0.25, -0.2) is 0 Å². The number of anilines is 1. The molecule has 8 heteroatoms. The van der Waals surface area contributed by atoms with Crippen LogP contribution in [-0.2, 0) is 10.2 Å². The zero-order valence-corrected chi connectivity index (χ0v) is 12.8. The van der Waals surface area contributed by atoms with Crippen LogP contribution < -0.4 is 10.0 Å². The van der Waals surface area contributed by atoms with Gasteiger partial charge >= 0.3 is 10.2 Å². The third kappa shape index (κ3) is 3.02. The predicted molar refractivity (Wildman–Crippen MR) is 79.2 cm³/mol. The monoisotopic (exact) mass is 300 g/mol. The summed E-state index contributed by atoms with van der Waals surface area (Å²) in [5.74, 6) is -0.144. The van der Waals surface area contributed by atoms with Crippen molar-refractivity contribution in [3.05, 3.63) is 29.8 Å². The van der Waals surface area contributed by atoms with Crippen molar-refractivity contribution in [2.24, 2.45) is 10.9 Å². The number of rotatable bonds is 5. The average molecular weight is 300 g/mol. The molecule has 0 fully saturated rings. The summed E-state index contributed by atoms with van der Waals surface area (Å²) < 4.78 is 27.2. The highest BCUT2D eigenvalue weighted by Gasteiger charge is 2.27. The van der Waals surface area contributed by atoms with Crippen molar-refractivity contribution in [1.29, 1.82) is 0 Å². The highest BCUT2D eigenvalue weighted by atomic mass is 32.2. The second-order valence-electron chi connectivity index (χ2n) is 4.59. The fourth-order valence-electron chi connectivity index (χ4n) is 1.60. The SMILES string of the molecule is CC(C)N(C)S(=O)(=O)N(C)c1ccccc1/C(N)=N/O. The molecule has 0 aliphatic carbocycles. The number of amidine groups is 1. The van der Waals surface area contributed by atoms with Gasteiger partial charge in [-0.1, -0.05) is 17.3 Å².